The zero-order valence-electron chi connectivity index (χ0n) is 12.0. The van der Waals surface area contributed by atoms with Crippen molar-refractivity contribution in [2.75, 3.05) is 67.6 Å². The zero-order chi connectivity index (χ0) is 12.7. The zero-order valence-corrected chi connectivity index (χ0v) is 12.0. The van der Waals surface area contributed by atoms with Crippen molar-refractivity contribution in [1.29, 1.82) is 0 Å². The van der Waals surface area contributed by atoms with Crippen LogP contribution in [0.15, 0.2) is 0 Å². The van der Waals surface area contributed by atoms with Gasteiger partial charge in [-0.2, -0.15) is 0 Å². The highest BCUT2D eigenvalue weighted by atomic mass is 16.5. The molecular weight excluding hydrogens is 214 g/mol. The molecule has 0 aromatic rings. The molecule has 1 N–H and O–H groups in total. The molecule has 0 saturated carbocycles. The Hall–Kier alpha value is -0.160. The highest BCUT2D eigenvalue weighted by Crippen LogP contribution is 2.28. The molecule has 4 nitrogen and oxygen atoms in total. The average Bonchev–Trinajstić information content (AvgIpc) is 2.66. The van der Waals surface area contributed by atoms with Crippen LogP contribution in [0.25, 0.3) is 0 Å². The molecule has 1 heterocycles. The molecule has 1 saturated heterocycles. The fourth-order valence-corrected chi connectivity index (χ4v) is 2.65. The van der Waals surface area contributed by atoms with Crippen LogP contribution >= 0.6 is 0 Å². The summed E-state index contributed by atoms with van der Waals surface area (Å²) >= 11 is 0. The van der Waals surface area contributed by atoms with Crippen LogP contribution < -0.4 is 5.32 Å². The molecule has 1 fully saturated rings. The third-order valence-corrected chi connectivity index (χ3v) is 3.49. The van der Waals surface area contributed by atoms with Gasteiger partial charge in [-0.1, -0.05) is 0 Å². The van der Waals surface area contributed by atoms with Gasteiger partial charge >= 0.3 is 0 Å². The van der Waals surface area contributed by atoms with Crippen molar-refractivity contribution >= 4 is 0 Å². The van der Waals surface area contributed by atoms with Crippen molar-refractivity contribution in [3.8, 4) is 0 Å². The van der Waals surface area contributed by atoms with E-state index < -0.39 is 0 Å². The Balaban J connectivity index is 2.29. The van der Waals surface area contributed by atoms with E-state index in [1.54, 1.807) is 0 Å². The lowest BCUT2D eigenvalue weighted by Gasteiger charge is -2.32. The predicted octanol–water partition coefficient (Wildman–Crippen LogP) is 0.496. The molecule has 0 aromatic heterocycles. The number of hydrogen-bond acceptors (Lipinski definition) is 4. The Kier molecular flexibility index (Phi) is 6.41. The van der Waals surface area contributed by atoms with E-state index in [0.29, 0.717) is 5.41 Å². The maximum atomic E-state index is 5.58. The monoisotopic (exact) mass is 243 g/mol. The molecule has 1 atom stereocenters. The van der Waals surface area contributed by atoms with Gasteiger partial charge in [0.25, 0.3) is 0 Å². The number of nitrogens with zero attached hydrogens (tertiary/aromatic N) is 2. The smallest absolute Gasteiger partial charge is 0.0547 e. The lowest BCUT2D eigenvalue weighted by Crippen LogP contribution is -2.43. The molecule has 0 amide bonds. The average molecular weight is 243 g/mol. The summed E-state index contributed by atoms with van der Waals surface area (Å²) in [5.74, 6) is 0. The topological polar surface area (TPSA) is 27.7 Å². The van der Waals surface area contributed by atoms with E-state index in [1.165, 1.54) is 25.9 Å². The third-order valence-electron chi connectivity index (χ3n) is 3.49. The number of rotatable bonds is 8. The van der Waals surface area contributed by atoms with E-state index in [-0.39, 0.29) is 0 Å². The Morgan fingerprint density at radius 1 is 1.24 bits per heavy atom. The van der Waals surface area contributed by atoms with Crippen molar-refractivity contribution in [2.24, 2.45) is 5.41 Å². The van der Waals surface area contributed by atoms with E-state index >= 15 is 0 Å². The SMILES string of the molecule is CNCC1(CN(C)CCCN(C)C)CCOC1. The first kappa shape index (κ1) is 14.9. The Morgan fingerprint density at radius 3 is 2.53 bits per heavy atom. The van der Waals surface area contributed by atoms with Gasteiger partial charge in [-0.15, -0.1) is 0 Å². The van der Waals surface area contributed by atoms with Gasteiger partial charge in [0, 0.05) is 25.1 Å². The summed E-state index contributed by atoms with van der Waals surface area (Å²) in [6.45, 7) is 6.37. The molecule has 1 aliphatic heterocycles. The van der Waals surface area contributed by atoms with Crippen molar-refractivity contribution in [2.45, 2.75) is 12.8 Å². The molecule has 17 heavy (non-hydrogen) atoms. The van der Waals surface area contributed by atoms with Gasteiger partial charge in [-0.3, -0.25) is 0 Å². The maximum Gasteiger partial charge on any atom is 0.0547 e. The fraction of sp³-hybridized carbons (Fsp3) is 1.00. The van der Waals surface area contributed by atoms with Crippen molar-refractivity contribution in [3.05, 3.63) is 0 Å². The van der Waals surface area contributed by atoms with Gasteiger partial charge < -0.3 is 19.9 Å². The molecule has 0 aromatic carbocycles. The molecule has 0 bridgehead atoms. The lowest BCUT2D eigenvalue weighted by molar-refractivity contribution is 0.119. The quantitative estimate of drug-likeness (QED) is 0.672. The van der Waals surface area contributed by atoms with Crippen LogP contribution in [0.5, 0.6) is 0 Å². The van der Waals surface area contributed by atoms with E-state index in [0.717, 1.165) is 26.3 Å². The molecule has 4 heteroatoms. The lowest BCUT2D eigenvalue weighted by atomic mass is 9.86. The first-order valence-electron chi connectivity index (χ1n) is 6.64. The number of nitrogens with one attached hydrogen (secondary N) is 1. The van der Waals surface area contributed by atoms with Crippen LogP contribution in [0.1, 0.15) is 12.8 Å². The maximum absolute atomic E-state index is 5.58. The van der Waals surface area contributed by atoms with Crippen LogP contribution in [-0.2, 0) is 4.74 Å². The van der Waals surface area contributed by atoms with Gasteiger partial charge in [0.1, 0.15) is 0 Å². The van der Waals surface area contributed by atoms with Crippen LogP contribution in [0.3, 0.4) is 0 Å². The van der Waals surface area contributed by atoms with E-state index in [9.17, 15) is 0 Å². The Morgan fingerprint density at radius 2 is 2.00 bits per heavy atom. The highest BCUT2D eigenvalue weighted by molar-refractivity contribution is 4.87. The molecule has 0 aliphatic carbocycles. The van der Waals surface area contributed by atoms with Crippen LogP contribution in [0, 0.1) is 5.41 Å². The number of hydrogen-bond donors (Lipinski definition) is 1. The van der Waals surface area contributed by atoms with Crippen molar-refractivity contribution in [3.63, 3.8) is 0 Å². The largest absolute Gasteiger partial charge is 0.381 e. The number of ether oxygens (including phenoxy) is 1. The third kappa shape index (κ3) is 5.34. The van der Waals surface area contributed by atoms with Gasteiger partial charge in [0.05, 0.1) is 6.61 Å². The first-order chi connectivity index (χ1) is 8.08. The minimum Gasteiger partial charge on any atom is -0.381 e. The summed E-state index contributed by atoms with van der Waals surface area (Å²) in [6, 6.07) is 0. The Bertz CT molecular complexity index is 203. The first-order valence-corrected chi connectivity index (χ1v) is 6.64. The highest BCUT2D eigenvalue weighted by Gasteiger charge is 2.35. The predicted molar refractivity (Wildman–Crippen MR) is 72.5 cm³/mol. The van der Waals surface area contributed by atoms with Crippen LogP contribution in [-0.4, -0.2) is 77.4 Å². The molecule has 1 aliphatic rings. The van der Waals surface area contributed by atoms with Gasteiger partial charge in [0.15, 0.2) is 0 Å². The Labute approximate surface area is 106 Å². The van der Waals surface area contributed by atoms with Gasteiger partial charge in [-0.25, -0.2) is 0 Å². The molecule has 1 rings (SSSR count). The molecule has 102 valence electrons. The summed E-state index contributed by atoms with van der Waals surface area (Å²) in [5.41, 5.74) is 0.335. The summed E-state index contributed by atoms with van der Waals surface area (Å²) in [6.07, 6.45) is 2.42. The standard InChI is InChI=1S/C13H29N3O/c1-14-10-13(6-9-17-12-13)11-16(4)8-5-7-15(2)3/h14H,5-12H2,1-4H3. The molecule has 0 spiro atoms. The summed E-state index contributed by atoms with van der Waals surface area (Å²) in [4.78, 5) is 4.70. The summed E-state index contributed by atoms with van der Waals surface area (Å²) < 4.78 is 5.58. The van der Waals surface area contributed by atoms with Crippen LogP contribution in [0.2, 0.25) is 0 Å². The summed E-state index contributed by atoms with van der Waals surface area (Å²) in [5, 5.41) is 3.32. The summed E-state index contributed by atoms with van der Waals surface area (Å²) in [7, 11) is 8.53. The van der Waals surface area contributed by atoms with Gasteiger partial charge in [-0.05, 0) is 54.1 Å². The van der Waals surface area contributed by atoms with Crippen LogP contribution in [0.4, 0.5) is 0 Å². The van der Waals surface area contributed by atoms with E-state index in [4.69, 9.17) is 4.74 Å². The second-order valence-electron chi connectivity index (χ2n) is 5.73. The fourth-order valence-electron chi connectivity index (χ4n) is 2.65. The van der Waals surface area contributed by atoms with Gasteiger partial charge in [0.2, 0.25) is 0 Å². The second kappa shape index (κ2) is 7.31. The minimum absolute atomic E-state index is 0.335. The normalized spacial score (nSPS) is 25.1. The second-order valence-corrected chi connectivity index (χ2v) is 5.73. The van der Waals surface area contributed by atoms with Crippen molar-refractivity contribution in [1.82, 2.24) is 15.1 Å². The minimum atomic E-state index is 0.335. The van der Waals surface area contributed by atoms with Crippen molar-refractivity contribution < 1.29 is 4.74 Å². The molecule has 1 unspecified atom stereocenters. The molecular formula is C13H29N3O. The molecule has 0 radical (unpaired) electrons. The van der Waals surface area contributed by atoms with E-state index in [1.807, 2.05) is 7.05 Å². The van der Waals surface area contributed by atoms with E-state index in [2.05, 4.69) is 36.3 Å².